The van der Waals surface area contributed by atoms with E-state index in [1.165, 1.54) is 20.8 Å². The third kappa shape index (κ3) is 7.34. The fraction of sp³-hybridized carbons (Fsp3) is 0.786. The molecule has 0 aliphatic carbocycles. The Kier molecular flexibility index (Phi) is 7.05. The summed E-state index contributed by atoms with van der Waals surface area (Å²) in [6, 6.07) is -2.49. The lowest BCUT2D eigenvalue weighted by Crippen LogP contribution is -2.59. The number of nitrogens with two attached hydrogens (primary N) is 1. The SMILES string of the molecule is CC(C)CC(NC(=O)C(NC(=O)C(F)(F)F)C(C)(C)C)C(N)=O. The molecule has 0 radical (unpaired) electrons. The topological polar surface area (TPSA) is 101 Å². The van der Waals surface area contributed by atoms with E-state index < -0.39 is 41.4 Å². The highest BCUT2D eigenvalue weighted by molar-refractivity contribution is 5.93. The van der Waals surface area contributed by atoms with E-state index in [4.69, 9.17) is 5.73 Å². The second-order valence-electron chi connectivity index (χ2n) is 6.86. The van der Waals surface area contributed by atoms with Gasteiger partial charge in [-0.1, -0.05) is 34.6 Å². The molecule has 0 spiro atoms. The van der Waals surface area contributed by atoms with Gasteiger partial charge in [0.25, 0.3) is 0 Å². The Morgan fingerprint density at radius 1 is 1.04 bits per heavy atom. The summed E-state index contributed by atoms with van der Waals surface area (Å²) in [5.74, 6) is -3.86. The number of amides is 3. The maximum Gasteiger partial charge on any atom is 0.471 e. The number of hydrogen-bond acceptors (Lipinski definition) is 3. The number of halogens is 3. The Labute approximate surface area is 133 Å². The Balaban J connectivity index is 5.23. The summed E-state index contributed by atoms with van der Waals surface area (Å²) in [4.78, 5) is 34.7. The van der Waals surface area contributed by atoms with Crippen LogP contribution in [0.4, 0.5) is 13.2 Å². The molecule has 134 valence electrons. The van der Waals surface area contributed by atoms with Crippen LogP contribution in [-0.4, -0.2) is 36.0 Å². The lowest BCUT2D eigenvalue weighted by molar-refractivity contribution is -0.175. The smallest absolute Gasteiger partial charge is 0.368 e. The lowest BCUT2D eigenvalue weighted by Gasteiger charge is -2.32. The van der Waals surface area contributed by atoms with E-state index in [2.05, 4.69) is 5.32 Å². The Hall–Kier alpha value is -1.80. The first-order valence-electron chi connectivity index (χ1n) is 7.13. The van der Waals surface area contributed by atoms with Gasteiger partial charge < -0.3 is 16.4 Å². The fourth-order valence-corrected chi connectivity index (χ4v) is 1.86. The minimum atomic E-state index is -5.11. The minimum Gasteiger partial charge on any atom is -0.368 e. The van der Waals surface area contributed by atoms with Crippen LogP contribution in [0.3, 0.4) is 0 Å². The van der Waals surface area contributed by atoms with Crippen molar-refractivity contribution in [3.05, 3.63) is 0 Å². The van der Waals surface area contributed by atoms with Gasteiger partial charge in [-0.15, -0.1) is 0 Å². The molecular formula is C14H24F3N3O3. The number of carbonyl (C=O) groups excluding carboxylic acids is 3. The number of nitrogens with one attached hydrogen (secondary N) is 2. The number of carbonyl (C=O) groups is 3. The second kappa shape index (κ2) is 7.65. The predicted octanol–water partition coefficient (Wildman–Crippen LogP) is 1.10. The molecule has 0 heterocycles. The van der Waals surface area contributed by atoms with Gasteiger partial charge in [0.2, 0.25) is 11.8 Å². The highest BCUT2D eigenvalue weighted by Gasteiger charge is 2.43. The highest BCUT2D eigenvalue weighted by Crippen LogP contribution is 2.22. The van der Waals surface area contributed by atoms with E-state index in [0.29, 0.717) is 0 Å². The molecular weight excluding hydrogens is 315 g/mol. The maximum atomic E-state index is 12.4. The summed E-state index contributed by atoms with van der Waals surface area (Å²) in [5, 5.41) is 3.98. The van der Waals surface area contributed by atoms with Crippen molar-refractivity contribution in [1.29, 1.82) is 0 Å². The number of primary amides is 1. The van der Waals surface area contributed by atoms with E-state index in [-0.39, 0.29) is 12.3 Å². The van der Waals surface area contributed by atoms with E-state index in [1.54, 1.807) is 19.2 Å². The van der Waals surface area contributed by atoms with Crippen LogP contribution >= 0.6 is 0 Å². The van der Waals surface area contributed by atoms with Gasteiger partial charge in [0.05, 0.1) is 0 Å². The Bertz CT molecular complexity index is 456. The average molecular weight is 339 g/mol. The Morgan fingerprint density at radius 2 is 1.52 bits per heavy atom. The molecule has 0 aliphatic rings. The predicted molar refractivity (Wildman–Crippen MR) is 78.0 cm³/mol. The molecule has 2 atom stereocenters. The molecule has 0 saturated heterocycles. The molecule has 0 aromatic heterocycles. The van der Waals surface area contributed by atoms with Crippen molar-refractivity contribution in [2.45, 2.75) is 59.3 Å². The van der Waals surface area contributed by atoms with Gasteiger partial charge in [0.15, 0.2) is 0 Å². The van der Waals surface area contributed by atoms with E-state index in [0.717, 1.165) is 0 Å². The van der Waals surface area contributed by atoms with Crippen molar-refractivity contribution in [1.82, 2.24) is 10.6 Å². The zero-order valence-electron chi connectivity index (χ0n) is 13.9. The lowest BCUT2D eigenvalue weighted by atomic mass is 9.85. The van der Waals surface area contributed by atoms with Gasteiger partial charge in [0.1, 0.15) is 12.1 Å². The fourth-order valence-electron chi connectivity index (χ4n) is 1.86. The van der Waals surface area contributed by atoms with Gasteiger partial charge in [-0.25, -0.2) is 0 Å². The second-order valence-corrected chi connectivity index (χ2v) is 6.86. The van der Waals surface area contributed by atoms with E-state index >= 15 is 0 Å². The molecule has 23 heavy (non-hydrogen) atoms. The first-order valence-corrected chi connectivity index (χ1v) is 7.13. The first kappa shape index (κ1) is 21.2. The standard InChI is InChI=1S/C14H24F3N3O3/c1-7(2)6-8(10(18)21)19-11(22)9(13(3,4)5)20-12(23)14(15,16)17/h7-9H,6H2,1-5H3,(H2,18,21)(H,19,22)(H,20,23). The number of rotatable bonds is 6. The van der Waals surface area contributed by atoms with Gasteiger partial charge in [-0.2, -0.15) is 13.2 Å². The van der Waals surface area contributed by atoms with E-state index in [1.807, 2.05) is 0 Å². The molecule has 0 bridgehead atoms. The summed E-state index contributed by atoms with van der Waals surface area (Å²) in [6.45, 7) is 8.09. The molecule has 0 aromatic rings. The van der Waals surface area contributed by atoms with Crippen molar-refractivity contribution < 1.29 is 27.6 Å². The van der Waals surface area contributed by atoms with Crippen molar-refractivity contribution in [2.75, 3.05) is 0 Å². The zero-order valence-corrected chi connectivity index (χ0v) is 13.9. The summed E-state index contributed by atoms with van der Waals surface area (Å²) in [5.41, 5.74) is 4.20. The van der Waals surface area contributed by atoms with Crippen LogP contribution in [-0.2, 0) is 14.4 Å². The third-order valence-corrected chi connectivity index (χ3v) is 3.03. The van der Waals surface area contributed by atoms with Crippen LogP contribution in [0.15, 0.2) is 0 Å². The number of alkyl halides is 3. The average Bonchev–Trinajstić information content (AvgIpc) is 2.30. The van der Waals surface area contributed by atoms with Crippen LogP contribution in [0.1, 0.15) is 41.0 Å². The minimum absolute atomic E-state index is 0.0330. The quantitative estimate of drug-likeness (QED) is 0.675. The molecule has 4 N–H and O–H groups in total. The molecule has 0 aromatic carbocycles. The first-order chi connectivity index (χ1) is 10.2. The molecule has 0 saturated carbocycles. The van der Waals surface area contributed by atoms with Crippen molar-refractivity contribution in [3.63, 3.8) is 0 Å². The molecule has 3 amide bonds. The normalized spacial score (nSPS) is 15.0. The molecule has 6 nitrogen and oxygen atoms in total. The summed E-state index contributed by atoms with van der Waals surface area (Å²) < 4.78 is 37.2. The van der Waals surface area contributed by atoms with Gasteiger partial charge in [-0.05, 0) is 17.8 Å². The maximum absolute atomic E-state index is 12.4. The van der Waals surface area contributed by atoms with E-state index in [9.17, 15) is 27.6 Å². The Morgan fingerprint density at radius 3 is 1.83 bits per heavy atom. The van der Waals surface area contributed by atoms with Crippen molar-refractivity contribution in [3.8, 4) is 0 Å². The molecule has 0 rings (SSSR count). The van der Waals surface area contributed by atoms with Crippen LogP contribution in [0.25, 0.3) is 0 Å². The summed E-state index contributed by atoms with van der Waals surface area (Å²) in [7, 11) is 0. The third-order valence-electron chi connectivity index (χ3n) is 3.03. The molecule has 0 fully saturated rings. The van der Waals surface area contributed by atoms with Gasteiger partial charge in [0, 0.05) is 0 Å². The van der Waals surface area contributed by atoms with Crippen LogP contribution in [0.2, 0.25) is 0 Å². The van der Waals surface area contributed by atoms with Gasteiger partial charge in [-0.3, -0.25) is 14.4 Å². The molecule has 2 unspecified atom stereocenters. The summed E-state index contributed by atoms with van der Waals surface area (Å²) >= 11 is 0. The molecule has 9 heteroatoms. The van der Waals surface area contributed by atoms with Gasteiger partial charge >= 0.3 is 12.1 Å². The van der Waals surface area contributed by atoms with Crippen molar-refractivity contribution in [2.24, 2.45) is 17.1 Å². The zero-order chi connectivity index (χ0) is 18.6. The van der Waals surface area contributed by atoms with Crippen LogP contribution in [0.5, 0.6) is 0 Å². The number of hydrogen-bond donors (Lipinski definition) is 3. The molecule has 0 aliphatic heterocycles. The summed E-state index contributed by atoms with van der Waals surface area (Å²) in [6.07, 6.45) is -4.87. The van der Waals surface area contributed by atoms with Crippen LogP contribution in [0, 0.1) is 11.3 Å². The van der Waals surface area contributed by atoms with Crippen molar-refractivity contribution >= 4 is 17.7 Å². The monoisotopic (exact) mass is 339 g/mol. The highest BCUT2D eigenvalue weighted by atomic mass is 19.4. The largest absolute Gasteiger partial charge is 0.471 e. The van der Waals surface area contributed by atoms with Crippen LogP contribution < -0.4 is 16.4 Å².